The number of amides is 1. The Hall–Kier alpha value is -1.85. The highest BCUT2D eigenvalue weighted by molar-refractivity contribution is 5.96. The number of ether oxygens (including phenoxy) is 1. The lowest BCUT2D eigenvalue weighted by atomic mass is 10.2. The van der Waals surface area contributed by atoms with Crippen LogP contribution in [0.4, 0.5) is 0 Å². The van der Waals surface area contributed by atoms with Gasteiger partial charge in [-0.15, -0.1) is 0 Å². The first-order chi connectivity index (χ1) is 7.15. The van der Waals surface area contributed by atoms with E-state index >= 15 is 0 Å². The van der Waals surface area contributed by atoms with Crippen molar-refractivity contribution in [3.05, 3.63) is 17.5 Å². The van der Waals surface area contributed by atoms with Crippen molar-refractivity contribution in [1.29, 1.82) is 0 Å². The minimum absolute atomic E-state index is 0.155. The molecule has 1 rings (SSSR count). The summed E-state index contributed by atoms with van der Waals surface area (Å²) in [6.07, 6.45) is 1.30. The number of nitrogens with zero attached hydrogens (tertiary/aromatic N) is 1. The van der Waals surface area contributed by atoms with Crippen LogP contribution < -0.4 is 5.32 Å². The first-order valence-corrected chi connectivity index (χ1v) is 4.50. The van der Waals surface area contributed by atoms with E-state index in [1.807, 2.05) is 0 Å². The maximum Gasteiger partial charge on any atom is 0.325 e. The number of rotatable bonds is 4. The molecule has 82 valence electrons. The summed E-state index contributed by atoms with van der Waals surface area (Å²) < 4.78 is 9.36. The largest absolute Gasteiger partial charge is 0.465 e. The Morgan fingerprint density at radius 3 is 2.87 bits per heavy atom. The zero-order valence-electron chi connectivity index (χ0n) is 8.57. The van der Waals surface area contributed by atoms with Crippen LogP contribution in [0, 0.1) is 6.92 Å². The minimum Gasteiger partial charge on any atom is -0.465 e. The number of carbonyl (C=O) groups excluding carboxylic acids is 2. The smallest absolute Gasteiger partial charge is 0.325 e. The van der Waals surface area contributed by atoms with E-state index in [9.17, 15) is 9.59 Å². The maximum atomic E-state index is 11.4. The molecule has 1 aromatic heterocycles. The zero-order chi connectivity index (χ0) is 11.3. The van der Waals surface area contributed by atoms with Crippen LogP contribution in [0.2, 0.25) is 0 Å². The van der Waals surface area contributed by atoms with Crippen molar-refractivity contribution >= 4 is 11.9 Å². The van der Waals surface area contributed by atoms with Gasteiger partial charge in [-0.25, -0.2) is 0 Å². The van der Waals surface area contributed by atoms with Gasteiger partial charge in [0.25, 0.3) is 5.91 Å². The standard InChI is InChI=1S/C9H12N2O4/c1-3-14-8(12)5-10-9(13)7-4-11-15-6(7)2/h4H,3,5H2,1-2H3,(H,10,13). The van der Waals surface area contributed by atoms with Crippen molar-refractivity contribution in [2.24, 2.45) is 0 Å². The van der Waals surface area contributed by atoms with Crippen LogP contribution >= 0.6 is 0 Å². The van der Waals surface area contributed by atoms with Crippen LogP contribution in [0.15, 0.2) is 10.7 Å². The van der Waals surface area contributed by atoms with Crippen LogP contribution in [-0.4, -0.2) is 30.2 Å². The summed E-state index contributed by atoms with van der Waals surface area (Å²) in [5, 5.41) is 5.85. The topological polar surface area (TPSA) is 81.4 Å². The molecule has 6 heteroatoms. The molecular formula is C9H12N2O4. The maximum absolute atomic E-state index is 11.4. The monoisotopic (exact) mass is 212 g/mol. The SMILES string of the molecule is CCOC(=O)CNC(=O)c1cnoc1C. The summed E-state index contributed by atoms with van der Waals surface area (Å²) in [5.74, 6) is -0.460. The van der Waals surface area contributed by atoms with Crippen LogP contribution in [0.5, 0.6) is 0 Å². The van der Waals surface area contributed by atoms with Crippen LogP contribution in [0.25, 0.3) is 0 Å². The molecule has 0 aliphatic rings. The molecule has 1 aromatic rings. The number of aromatic nitrogens is 1. The van der Waals surface area contributed by atoms with E-state index in [0.29, 0.717) is 17.9 Å². The fourth-order valence-corrected chi connectivity index (χ4v) is 0.976. The minimum atomic E-state index is -0.472. The Labute approximate surface area is 86.6 Å². The molecule has 0 saturated heterocycles. The molecule has 0 spiro atoms. The third kappa shape index (κ3) is 3.08. The van der Waals surface area contributed by atoms with Crippen molar-refractivity contribution in [1.82, 2.24) is 10.5 Å². The fourth-order valence-electron chi connectivity index (χ4n) is 0.976. The summed E-state index contributed by atoms with van der Waals surface area (Å²) >= 11 is 0. The van der Waals surface area contributed by atoms with Crippen molar-refractivity contribution < 1.29 is 18.8 Å². The molecule has 0 unspecified atom stereocenters. The van der Waals surface area contributed by atoms with E-state index in [1.54, 1.807) is 13.8 Å². The summed E-state index contributed by atoms with van der Waals surface area (Å²) in [6, 6.07) is 0. The Morgan fingerprint density at radius 1 is 1.60 bits per heavy atom. The molecule has 0 bridgehead atoms. The van der Waals surface area contributed by atoms with E-state index in [2.05, 4.69) is 15.2 Å². The molecule has 1 heterocycles. The molecule has 1 N–H and O–H groups in total. The molecule has 0 fully saturated rings. The van der Waals surface area contributed by atoms with Crippen molar-refractivity contribution in [3.63, 3.8) is 0 Å². The predicted molar refractivity (Wildman–Crippen MR) is 50.2 cm³/mol. The van der Waals surface area contributed by atoms with Crippen molar-refractivity contribution in [2.45, 2.75) is 13.8 Å². The van der Waals surface area contributed by atoms with Gasteiger partial charge in [-0.05, 0) is 13.8 Å². The Kier molecular flexibility index (Phi) is 3.84. The van der Waals surface area contributed by atoms with Crippen molar-refractivity contribution in [2.75, 3.05) is 13.2 Å². The van der Waals surface area contributed by atoms with Gasteiger partial charge in [0.05, 0.1) is 12.8 Å². The summed E-state index contributed by atoms with van der Waals surface area (Å²) in [4.78, 5) is 22.3. The van der Waals surface area contributed by atoms with Gasteiger partial charge in [0.2, 0.25) is 0 Å². The van der Waals surface area contributed by atoms with Crippen LogP contribution in [-0.2, 0) is 9.53 Å². The van der Waals surface area contributed by atoms with Gasteiger partial charge >= 0.3 is 5.97 Å². The Balaban J connectivity index is 2.44. The molecule has 0 radical (unpaired) electrons. The predicted octanol–water partition coefficient (Wildman–Crippen LogP) is 0.276. The van der Waals surface area contributed by atoms with E-state index in [1.165, 1.54) is 6.20 Å². The average Bonchev–Trinajstić information content (AvgIpc) is 2.61. The number of nitrogens with one attached hydrogen (secondary N) is 1. The second-order valence-corrected chi connectivity index (χ2v) is 2.78. The first-order valence-electron chi connectivity index (χ1n) is 4.50. The number of esters is 1. The van der Waals surface area contributed by atoms with Crippen molar-refractivity contribution in [3.8, 4) is 0 Å². The number of aryl methyl sites for hydroxylation is 1. The molecule has 0 atom stereocenters. The van der Waals surface area contributed by atoms with Gasteiger partial charge in [-0.3, -0.25) is 9.59 Å². The van der Waals surface area contributed by atoms with E-state index in [-0.39, 0.29) is 6.54 Å². The zero-order valence-corrected chi connectivity index (χ0v) is 8.57. The Morgan fingerprint density at radius 2 is 2.33 bits per heavy atom. The van der Waals surface area contributed by atoms with E-state index in [4.69, 9.17) is 4.52 Å². The summed E-state index contributed by atoms with van der Waals surface area (Å²) in [7, 11) is 0. The van der Waals surface area contributed by atoms with Gasteiger partial charge in [0.15, 0.2) is 0 Å². The third-order valence-corrected chi connectivity index (χ3v) is 1.69. The highest BCUT2D eigenvalue weighted by atomic mass is 16.5. The van der Waals surface area contributed by atoms with E-state index < -0.39 is 11.9 Å². The average molecular weight is 212 g/mol. The van der Waals surface area contributed by atoms with Gasteiger partial charge < -0.3 is 14.6 Å². The molecular weight excluding hydrogens is 200 g/mol. The molecule has 0 aliphatic carbocycles. The molecule has 6 nitrogen and oxygen atoms in total. The molecule has 15 heavy (non-hydrogen) atoms. The fraction of sp³-hybridized carbons (Fsp3) is 0.444. The highest BCUT2D eigenvalue weighted by Gasteiger charge is 2.13. The third-order valence-electron chi connectivity index (χ3n) is 1.69. The highest BCUT2D eigenvalue weighted by Crippen LogP contribution is 2.04. The lowest BCUT2D eigenvalue weighted by molar-refractivity contribution is -0.141. The van der Waals surface area contributed by atoms with Crippen LogP contribution in [0.1, 0.15) is 23.0 Å². The molecule has 0 saturated carbocycles. The summed E-state index contributed by atoms with van der Waals surface area (Å²) in [5.41, 5.74) is 0.319. The van der Waals surface area contributed by atoms with Gasteiger partial charge in [0.1, 0.15) is 17.9 Å². The van der Waals surface area contributed by atoms with Gasteiger partial charge in [-0.2, -0.15) is 0 Å². The molecule has 1 amide bonds. The second-order valence-electron chi connectivity index (χ2n) is 2.78. The van der Waals surface area contributed by atoms with Gasteiger partial charge in [0, 0.05) is 0 Å². The number of hydrogen-bond acceptors (Lipinski definition) is 5. The van der Waals surface area contributed by atoms with Gasteiger partial charge in [-0.1, -0.05) is 5.16 Å². The quantitative estimate of drug-likeness (QED) is 0.725. The molecule has 0 aliphatic heterocycles. The normalized spacial score (nSPS) is 9.73. The lowest BCUT2D eigenvalue weighted by Crippen LogP contribution is -2.30. The van der Waals surface area contributed by atoms with Crippen LogP contribution in [0.3, 0.4) is 0 Å². The number of hydrogen-bond donors (Lipinski definition) is 1. The second kappa shape index (κ2) is 5.14. The lowest BCUT2D eigenvalue weighted by Gasteiger charge is -2.03. The van der Waals surface area contributed by atoms with E-state index in [0.717, 1.165) is 0 Å². The Bertz CT molecular complexity index is 359. The first kappa shape index (κ1) is 11.2. The number of carbonyl (C=O) groups is 2. The molecule has 0 aromatic carbocycles. The summed E-state index contributed by atoms with van der Waals surface area (Å²) in [6.45, 7) is 3.45.